The van der Waals surface area contributed by atoms with Gasteiger partial charge in [-0.2, -0.15) is 5.53 Å². The molecule has 1 heterocycles. The van der Waals surface area contributed by atoms with Crippen LogP contribution >= 0.6 is 0 Å². The summed E-state index contributed by atoms with van der Waals surface area (Å²) < 4.78 is 0. The molecule has 0 bridgehead atoms. The molecular formula is C17H24N4O2. The summed E-state index contributed by atoms with van der Waals surface area (Å²) in [5.74, 6) is -0.000738. The molecule has 0 spiro atoms. The van der Waals surface area contributed by atoms with E-state index < -0.39 is 0 Å². The molecule has 6 nitrogen and oxygen atoms in total. The number of nitrogens with one attached hydrogen (secondary N) is 3. The van der Waals surface area contributed by atoms with E-state index in [1.807, 2.05) is 5.01 Å². The third-order valence-corrected chi connectivity index (χ3v) is 4.27. The van der Waals surface area contributed by atoms with Gasteiger partial charge in [0.2, 0.25) is 5.91 Å². The maximum Gasteiger partial charge on any atom is 0.266 e. The summed E-state index contributed by atoms with van der Waals surface area (Å²) in [6.07, 6.45) is 6.71. The first-order valence-electron chi connectivity index (χ1n) is 8.44. The zero-order valence-corrected chi connectivity index (χ0v) is 13.3. The van der Waals surface area contributed by atoms with Crippen LogP contribution in [-0.4, -0.2) is 29.9 Å². The Bertz CT molecular complexity index is 563. The second kappa shape index (κ2) is 7.57. The van der Waals surface area contributed by atoms with E-state index in [1.165, 1.54) is 12.8 Å². The molecule has 2 fully saturated rings. The number of hydrazine groups is 2. The van der Waals surface area contributed by atoms with Crippen molar-refractivity contribution in [3.63, 3.8) is 0 Å². The van der Waals surface area contributed by atoms with Crippen LogP contribution in [0.2, 0.25) is 0 Å². The van der Waals surface area contributed by atoms with Crippen molar-refractivity contribution in [3.8, 4) is 0 Å². The van der Waals surface area contributed by atoms with Gasteiger partial charge in [-0.25, -0.2) is 5.01 Å². The van der Waals surface area contributed by atoms with Gasteiger partial charge in [0.15, 0.2) is 0 Å². The number of carbonyl (C=O) groups excluding carboxylic acids is 2. The largest absolute Gasteiger partial charge is 0.326 e. The van der Waals surface area contributed by atoms with E-state index in [4.69, 9.17) is 0 Å². The van der Waals surface area contributed by atoms with Crippen LogP contribution in [0.1, 0.15) is 48.9 Å². The second-order valence-corrected chi connectivity index (χ2v) is 6.31. The molecule has 1 aromatic rings. The van der Waals surface area contributed by atoms with Crippen molar-refractivity contribution >= 4 is 17.5 Å². The molecule has 2 aliphatic rings. The molecule has 2 amide bonds. The van der Waals surface area contributed by atoms with Crippen LogP contribution in [0.15, 0.2) is 24.3 Å². The van der Waals surface area contributed by atoms with Gasteiger partial charge in [-0.15, -0.1) is 0 Å². The molecule has 3 rings (SSSR count). The Morgan fingerprint density at radius 3 is 2.48 bits per heavy atom. The number of nitrogens with zero attached hydrogens (tertiary/aromatic N) is 1. The van der Waals surface area contributed by atoms with Gasteiger partial charge in [-0.3, -0.25) is 15.0 Å². The highest BCUT2D eigenvalue weighted by Gasteiger charge is 2.29. The average molecular weight is 316 g/mol. The van der Waals surface area contributed by atoms with E-state index in [9.17, 15) is 9.59 Å². The van der Waals surface area contributed by atoms with Crippen molar-refractivity contribution in [2.45, 2.75) is 38.5 Å². The van der Waals surface area contributed by atoms with Gasteiger partial charge in [0.1, 0.15) is 0 Å². The van der Waals surface area contributed by atoms with E-state index in [1.54, 1.807) is 24.3 Å². The summed E-state index contributed by atoms with van der Waals surface area (Å²) in [5, 5.41) is 4.91. The van der Waals surface area contributed by atoms with E-state index in [2.05, 4.69) is 16.3 Å². The Hall–Kier alpha value is -1.92. The molecule has 1 aromatic carbocycles. The lowest BCUT2D eigenvalue weighted by Crippen LogP contribution is -2.49. The molecule has 6 heteroatoms. The van der Waals surface area contributed by atoms with Gasteiger partial charge in [-0.1, -0.05) is 18.9 Å². The van der Waals surface area contributed by atoms with Crippen LogP contribution < -0.4 is 16.3 Å². The molecule has 124 valence electrons. The van der Waals surface area contributed by atoms with Gasteiger partial charge in [0.25, 0.3) is 5.91 Å². The second-order valence-electron chi connectivity index (χ2n) is 6.31. The highest BCUT2D eigenvalue weighted by atomic mass is 16.2. The van der Waals surface area contributed by atoms with Crippen LogP contribution in [-0.2, 0) is 4.79 Å². The Morgan fingerprint density at radius 2 is 1.78 bits per heavy atom. The van der Waals surface area contributed by atoms with Gasteiger partial charge >= 0.3 is 0 Å². The maximum atomic E-state index is 12.2. The standard InChI is InChI=1S/C17H24N4O2/c22-16(13-8-9-13)18-15-7-5-6-14(12-15)17(23)19-20-21-10-3-1-2-4-11-21/h5-7,12-13,20H,1-4,8-11H2,(H,18,22)(H,19,23). The zero-order chi connectivity index (χ0) is 16.1. The molecule has 1 saturated heterocycles. The van der Waals surface area contributed by atoms with Crippen molar-refractivity contribution in [3.05, 3.63) is 29.8 Å². The van der Waals surface area contributed by atoms with Gasteiger partial charge in [-0.05, 0) is 43.9 Å². The molecule has 0 atom stereocenters. The first-order chi connectivity index (χ1) is 11.2. The molecule has 0 radical (unpaired) electrons. The lowest BCUT2D eigenvalue weighted by atomic mass is 10.2. The van der Waals surface area contributed by atoms with E-state index >= 15 is 0 Å². The summed E-state index contributed by atoms with van der Waals surface area (Å²) in [4.78, 5) is 24.0. The fourth-order valence-corrected chi connectivity index (χ4v) is 2.71. The highest BCUT2D eigenvalue weighted by molar-refractivity contribution is 5.98. The Morgan fingerprint density at radius 1 is 1.04 bits per heavy atom. The normalized spacial score (nSPS) is 19.0. The first-order valence-corrected chi connectivity index (χ1v) is 8.44. The predicted octanol–water partition coefficient (Wildman–Crippen LogP) is 2.06. The van der Waals surface area contributed by atoms with Gasteiger partial charge in [0.05, 0.1) is 0 Å². The number of anilines is 1. The number of amides is 2. The minimum atomic E-state index is -0.197. The van der Waals surface area contributed by atoms with Crippen molar-refractivity contribution in [2.75, 3.05) is 18.4 Å². The molecule has 23 heavy (non-hydrogen) atoms. The number of rotatable bonds is 5. The lowest BCUT2D eigenvalue weighted by molar-refractivity contribution is -0.117. The molecule has 0 unspecified atom stereocenters. The quantitative estimate of drug-likeness (QED) is 0.727. The van der Waals surface area contributed by atoms with Crippen molar-refractivity contribution in [1.29, 1.82) is 0 Å². The minimum absolute atomic E-state index is 0.0465. The molecule has 0 aromatic heterocycles. The zero-order valence-electron chi connectivity index (χ0n) is 13.3. The molecular weight excluding hydrogens is 292 g/mol. The molecule has 1 saturated carbocycles. The number of hydrogen-bond acceptors (Lipinski definition) is 4. The van der Waals surface area contributed by atoms with Gasteiger partial charge < -0.3 is 5.32 Å². The summed E-state index contributed by atoms with van der Waals surface area (Å²) in [6, 6.07) is 7.04. The number of carbonyl (C=O) groups is 2. The number of hydrogen-bond donors (Lipinski definition) is 3. The lowest BCUT2D eigenvalue weighted by Gasteiger charge is -2.21. The SMILES string of the molecule is O=C(NNN1CCCCCC1)c1cccc(NC(=O)C2CC2)c1. The van der Waals surface area contributed by atoms with E-state index in [0.29, 0.717) is 11.3 Å². The van der Waals surface area contributed by atoms with Crippen molar-refractivity contribution in [2.24, 2.45) is 5.92 Å². The third kappa shape index (κ3) is 4.77. The smallest absolute Gasteiger partial charge is 0.266 e. The van der Waals surface area contributed by atoms with Crippen LogP contribution in [0, 0.1) is 5.92 Å². The fraction of sp³-hybridized carbons (Fsp3) is 0.529. The Labute approximate surface area is 136 Å². The summed E-state index contributed by atoms with van der Waals surface area (Å²) in [5.41, 5.74) is 6.93. The summed E-state index contributed by atoms with van der Waals surface area (Å²) >= 11 is 0. The van der Waals surface area contributed by atoms with Crippen LogP contribution in [0.4, 0.5) is 5.69 Å². The number of benzene rings is 1. The van der Waals surface area contributed by atoms with E-state index in [-0.39, 0.29) is 17.7 Å². The maximum absolute atomic E-state index is 12.2. The third-order valence-electron chi connectivity index (χ3n) is 4.27. The highest BCUT2D eigenvalue weighted by Crippen LogP contribution is 2.30. The molecule has 1 aliphatic carbocycles. The minimum Gasteiger partial charge on any atom is -0.326 e. The van der Waals surface area contributed by atoms with Gasteiger partial charge in [0, 0.05) is 30.3 Å². The topological polar surface area (TPSA) is 73.5 Å². The average Bonchev–Trinajstić information content (AvgIpc) is 3.39. The summed E-state index contributed by atoms with van der Waals surface area (Å²) in [6.45, 7) is 1.88. The first kappa shape index (κ1) is 16.0. The van der Waals surface area contributed by atoms with Crippen molar-refractivity contribution < 1.29 is 9.59 Å². The molecule has 3 N–H and O–H groups in total. The van der Waals surface area contributed by atoms with Crippen LogP contribution in [0.3, 0.4) is 0 Å². The molecule has 1 aliphatic heterocycles. The Kier molecular flexibility index (Phi) is 5.25. The van der Waals surface area contributed by atoms with Crippen molar-refractivity contribution in [1.82, 2.24) is 16.0 Å². The predicted molar refractivity (Wildman–Crippen MR) is 88.4 cm³/mol. The van der Waals surface area contributed by atoms with Crippen LogP contribution in [0.5, 0.6) is 0 Å². The van der Waals surface area contributed by atoms with Crippen LogP contribution in [0.25, 0.3) is 0 Å². The fourth-order valence-electron chi connectivity index (χ4n) is 2.71. The van der Waals surface area contributed by atoms with E-state index in [0.717, 1.165) is 38.8 Å². The summed E-state index contributed by atoms with van der Waals surface area (Å²) in [7, 11) is 0. The monoisotopic (exact) mass is 316 g/mol. The Balaban J connectivity index is 1.52.